The number of aromatic nitrogens is 2. The highest BCUT2D eigenvalue weighted by Gasteiger charge is 2.37. The van der Waals surface area contributed by atoms with Crippen molar-refractivity contribution in [3.05, 3.63) is 34.5 Å². The highest BCUT2D eigenvalue weighted by atomic mass is 32.1. The zero-order valence-electron chi connectivity index (χ0n) is 12.0. The fraction of sp³-hybridized carbons (Fsp3) is 0.429. The molecule has 2 heterocycles. The predicted octanol–water partition coefficient (Wildman–Crippen LogP) is 4.03. The van der Waals surface area contributed by atoms with Gasteiger partial charge in [0, 0.05) is 18.8 Å². The van der Waals surface area contributed by atoms with Crippen molar-refractivity contribution >= 4 is 11.3 Å². The van der Waals surface area contributed by atoms with Crippen LogP contribution in [0.15, 0.2) is 18.3 Å². The molecule has 21 heavy (non-hydrogen) atoms. The van der Waals surface area contributed by atoms with Crippen LogP contribution in [-0.2, 0) is 12.7 Å². The number of rotatable bonds is 4. The molecule has 0 aliphatic rings. The van der Waals surface area contributed by atoms with Gasteiger partial charge >= 0.3 is 6.18 Å². The third-order valence-corrected chi connectivity index (χ3v) is 3.91. The van der Waals surface area contributed by atoms with E-state index in [4.69, 9.17) is 0 Å². The summed E-state index contributed by atoms with van der Waals surface area (Å²) in [4.78, 5) is 8.11. The number of halogens is 3. The van der Waals surface area contributed by atoms with Crippen LogP contribution in [0.1, 0.15) is 30.0 Å². The summed E-state index contributed by atoms with van der Waals surface area (Å²) in [6.07, 6.45) is -2.89. The molecule has 1 N–H and O–H groups in total. The topological polar surface area (TPSA) is 37.8 Å². The molecule has 2 aromatic heterocycles. The highest BCUT2D eigenvalue weighted by Crippen LogP contribution is 2.37. The summed E-state index contributed by atoms with van der Waals surface area (Å²) in [5.41, 5.74) is 0.493. The lowest BCUT2D eigenvalue weighted by Crippen LogP contribution is -2.23. The fourth-order valence-corrected chi connectivity index (χ4v) is 2.89. The molecule has 0 saturated carbocycles. The number of aryl methyl sites for hydroxylation is 1. The lowest BCUT2D eigenvalue weighted by atomic mass is 10.2. The van der Waals surface area contributed by atoms with E-state index in [1.54, 1.807) is 12.3 Å². The molecule has 114 valence electrons. The summed E-state index contributed by atoms with van der Waals surface area (Å²) in [6, 6.07) is 3.66. The van der Waals surface area contributed by atoms with Crippen molar-refractivity contribution in [2.45, 2.75) is 39.5 Å². The molecule has 0 fully saturated rings. The number of hydrogen-bond donors (Lipinski definition) is 1. The number of nitrogens with one attached hydrogen (secondary N) is 1. The Labute approximate surface area is 125 Å². The second kappa shape index (κ2) is 6.11. The van der Waals surface area contributed by atoms with E-state index in [9.17, 15) is 13.2 Å². The fourth-order valence-electron chi connectivity index (χ4n) is 1.80. The molecule has 0 aliphatic carbocycles. The van der Waals surface area contributed by atoms with Gasteiger partial charge in [-0.15, -0.1) is 11.3 Å². The molecular formula is C14H16F3N3S. The Morgan fingerprint density at radius 2 is 2.05 bits per heavy atom. The van der Waals surface area contributed by atoms with E-state index in [0.717, 1.165) is 16.9 Å². The monoisotopic (exact) mass is 315 g/mol. The summed E-state index contributed by atoms with van der Waals surface area (Å²) in [7, 11) is 0. The first-order chi connectivity index (χ1) is 9.79. The van der Waals surface area contributed by atoms with Crippen LogP contribution in [0.5, 0.6) is 0 Å². The first-order valence-electron chi connectivity index (χ1n) is 6.51. The second-order valence-corrected chi connectivity index (χ2v) is 6.08. The molecule has 0 aromatic carbocycles. The van der Waals surface area contributed by atoms with Crippen LogP contribution in [0.4, 0.5) is 13.2 Å². The first kappa shape index (κ1) is 15.9. The zero-order valence-corrected chi connectivity index (χ0v) is 12.8. The Morgan fingerprint density at radius 1 is 1.33 bits per heavy atom. The Bertz CT molecular complexity index is 620. The van der Waals surface area contributed by atoms with Gasteiger partial charge in [-0.2, -0.15) is 13.2 Å². The number of hydrogen-bond acceptors (Lipinski definition) is 4. The van der Waals surface area contributed by atoms with Crippen molar-refractivity contribution in [3.8, 4) is 10.7 Å². The lowest BCUT2D eigenvalue weighted by molar-refractivity contribution is -0.141. The largest absolute Gasteiger partial charge is 0.434 e. The van der Waals surface area contributed by atoms with E-state index in [1.165, 1.54) is 0 Å². The zero-order chi connectivity index (χ0) is 15.6. The van der Waals surface area contributed by atoms with Gasteiger partial charge in [-0.05, 0) is 18.6 Å². The van der Waals surface area contributed by atoms with Crippen LogP contribution in [0.3, 0.4) is 0 Å². The minimum atomic E-state index is -4.45. The van der Waals surface area contributed by atoms with Crippen LogP contribution in [0.2, 0.25) is 0 Å². The second-order valence-electron chi connectivity index (χ2n) is 4.99. The van der Waals surface area contributed by atoms with E-state index >= 15 is 0 Å². The summed E-state index contributed by atoms with van der Waals surface area (Å²) in [5.74, 6) is 0. The van der Waals surface area contributed by atoms with E-state index in [2.05, 4.69) is 15.3 Å². The standard InChI is InChI=1S/C14H16F3N3S/c1-8(2)19-7-10-12(14(15,16)17)20-13(21-10)11-9(3)5-4-6-18-11/h4-6,8,19H,7H2,1-3H3. The third-order valence-electron chi connectivity index (χ3n) is 2.85. The maximum Gasteiger partial charge on any atom is 0.434 e. The van der Waals surface area contributed by atoms with Crippen molar-refractivity contribution < 1.29 is 13.2 Å². The van der Waals surface area contributed by atoms with Gasteiger partial charge in [0.2, 0.25) is 0 Å². The number of alkyl halides is 3. The Balaban J connectivity index is 2.43. The Kier molecular flexibility index (Phi) is 4.63. The van der Waals surface area contributed by atoms with Crippen LogP contribution < -0.4 is 5.32 Å². The number of nitrogens with zero attached hydrogens (tertiary/aromatic N) is 2. The van der Waals surface area contributed by atoms with Gasteiger partial charge < -0.3 is 5.32 Å². The molecule has 0 bridgehead atoms. The van der Waals surface area contributed by atoms with Crippen molar-refractivity contribution in [2.75, 3.05) is 0 Å². The van der Waals surface area contributed by atoms with Gasteiger partial charge in [-0.1, -0.05) is 19.9 Å². The maximum absolute atomic E-state index is 13.1. The van der Waals surface area contributed by atoms with Crippen LogP contribution >= 0.6 is 11.3 Å². The number of pyridine rings is 1. The predicted molar refractivity (Wildman–Crippen MR) is 77.1 cm³/mol. The molecule has 0 spiro atoms. The minimum absolute atomic E-state index is 0.105. The molecule has 3 nitrogen and oxygen atoms in total. The normalized spacial score (nSPS) is 12.1. The van der Waals surface area contributed by atoms with E-state index < -0.39 is 11.9 Å². The molecule has 0 atom stereocenters. The highest BCUT2D eigenvalue weighted by molar-refractivity contribution is 7.15. The summed E-state index contributed by atoms with van der Waals surface area (Å²) < 4.78 is 39.3. The molecule has 7 heteroatoms. The van der Waals surface area contributed by atoms with Gasteiger partial charge in [-0.3, -0.25) is 4.98 Å². The molecule has 2 rings (SSSR count). The summed E-state index contributed by atoms with van der Waals surface area (Å²) in [5, 5.41) is 3.31. The molecule has 0 saturated heterocycles. The van der Waals surface area contributed by atoms with Gasteiger partial charge in [0.05, 0.1) is 4.88 Å². The average Bonchev–Trinajstić information content (AvgIpc) is 2.81. The number of thiazole rings is 1. The molecule has 0 aliphatic heterocycles. The average molecular weight is 315 g/mol. The molecule has 0 unspecified atom stereocenters. The van der Waals surface area contributed by atoms with Crippen LogP contribution in [0.25, 0.3) is 10.7 Å². The van der Waals surface area contributed by atoms with Gasteiger partial charge in [0.15, 0.2) is 5.69 Å². The molecular weight excluding hydrogens is 299 g/mol. The van der Waals surface area contributed by atoms with Gasteiger partial charge in [0.1, 0.15) is 10.7 Å². The van der Waals surface area contributed by atoms with Crippen molar-refractivity contribution in [1.82, 2.24) is 15.3 Å². The lowest BCUT2D eigenvalue weighted by Gasteiger charge is -2.09. The van der Waals surface area contributed by atoms with Gasteiger partial charge in [-0.25, -0.2) is 4.98 Å². The Morgan fingerprint density at radius 3 is 2.62 bits per heavy atom. The summed E-state index contributed by atoms with van der Waals surface area (Å²) in [6.45, 7) is 5.73. The molecule has 0 radical (unpaired) electrons. The van der Waals surface area contributed by atoms with Crippen molar-refractivity contribution in [3.63, 3.8) is 0 Å². The Hall–Kier alpha value is -1.47. The van der Waals surface area contributed by atoms with Crippen LogP contribution in [-0.4, -0.2) is 16.0 Å². The summed E-state index contributed by atoms with van der Waals surface area (Å²) >= 11 is 1.04. The maximum atomic E-state index is 13.1. The van der Waals surface area contributed by atoms with Crippen LogP contribution in [0, 0.1) is 6.92 Å². The molecule has 2 aromatic rings. The van der Waals surface area contributed by atoms with Gasteiger partial charge in [0.25, 0.3) is 0 Å². The first-order valence-corrected chi connectivity index (χ1v) is 7.33. The smallest absolute Gasteiger partial charge is 0.310 e. The minimum Gasteiger partial charge on any atom is -0.310 e. The van der Waals surface area contributed by atoms with E-state index in [0.29, 0.717) is 10.7 Å². The quantitative estimate of drug-likeness (QED) is 0.925. The molecule has 0 amide bonds. The van der Waals surface area contributed by atoms with Crippen molar-refractivity contribution in [2.24, 2.45) is 0 Å². The van der Waals surface area contributed by atoms with E-state index in [-0.39, 0.29) is 17.5 Å². The SMILES string of the molecule is Cc1cccnc1-c1nc(C(F)(F)F)c(CNC(C)C)s1. The third kappa shape index (κ3) is 3.79. The van der Waals surface area contributed by atoms with E-state index in [1.807, 2.05) is 26.8 Å². The van der Waals surface area contributed by atoms with Crippen molar-refractivity contribution in [1.29, 1.82) is 0 Å².